The van der Waals surface area contributed by atoms with Crippen molar-refractivity contribution >= 4 is 17.2 Å². The molecule has 0 radical (unpaired) electrons. The number of benzene rings is 1. The molecule has 1 N–H and O–H groups in total. The van der Waals surface area contributed by atoms with Crippen LogP contribution in [0.25, 0.3) is 0 Å². The number of amides is 1. The predicted octanol–water partition coefficient (Wildman–Crippen LogP) is 3.45. The van der Waals surface area contributed by atoms with Crippen LogP contribution in [0.4, 0.5) is 4.39 Å². The number of carbonyl (C=O) groups is 1. The highest BCUT2D eigenvalue weighted by atomic mass is 32.1. The summed E-state index contributed by atoms with van der Waals surface area (Å²) < 4.78 is 12.9. The maximum atomic E-state index is 12.9. The highest BCUT2D eigenvalue weighted by Gasteiger charge is 2.24. The van der Waals surface area contributed by atoms with Gasteiger partial charge < -0.3 is 5.32 Å². The standard InChI is InChI=1S/C17H19FN2OS/c18-14-7-5-13(6-8-14)17(21)19-12-15(16-4-3-11-22-16)20-9-1-2-10-20/h3-8,11,15H,1-2,9-10,12H2,(H,19,21). The van der Waals surface area contributed by atoms with Crippen molar-refractivity contribution in [2.75, 3.05) is 19.6 Å². The van der Waals surface area contributed by atoms with Crippen LogP contribution >= 0.6 is 11.3 Å². The summed E-state index contributed by atoms with van der Waals surface area (Å²) in [5.41, 5.74) is 0.493. The lowest BCUT2D eigenvalue weighted by atomic mass is 10.1. The van der Waals surface area contributed by atoms with Crippen molar-refractivity contribution in [3.63, 3.8) is 0 Å². The molecule has 0 bridgehead atoms. The second kappa shape index (κ2) is 7.03. The third-order valence-corrected chi connectivity index (χ3v) is 4.99. The van der Waals surface area contributed by atoms with Gasteiger partial charge in [0.1, 0.15) is 5.82 Å². The van der Waals surface area contributed by atoms with Gasteiger partial charge in [0.2, 0.25) is 0 Å². The zero-order valence-electron chi connectivity index (χ0n) is 12.3. The average Bonchev–Trinajstić information content (AvgIpc) is 3.22. The molecule has 0 spiro atoms. The van der Waals surface area contributed by atoms with Crippen LogP contribution in [0.5, 0.6) is 0 Å². The summed E-state index contributed by atoms with van der Waals surface area (Å²) in [6.07, 6.45) is 2.43. The smallest absolute Gasteiger partial charge is 0.251 e. The molecule has 3 nitrogen and oxygen atoms in total. The summed E-state index contributed by atoms with van der Waals surface area (Å²) in [4.78, 5) is 15.9. The molecule has 3 rings (SSSR count). The number of halogens is 1. The summed E-state index contributed by atoms with van der Waals surface area (Å²) in [6, 6.07) is 10.1. The topological polar surface area (TPSA) is 32.3 Å². The number of nitrogens with one attached hydrogen (secondary N) is 1. The number of thiophene rings is 1. The molecule has 1 aromatic carbocycles. The molecular formula is C17H19FN2OS. The number of hydrogen-bond donors (Lipinski definition) is 1. The van der Waals surface area contributed by atoms with Crippen LogP contribution in [-0.2, 0) is 0 Å². The zero-order valence-corrected chi connectivity index (χ0v) is 13.1. The summed E-state index contributed by atoms with van der Waals surface area (Å²) in [7, 11) is 0. The van der Waals surface area contributed by atoms with Crippen molar-refractivity contribution in [2.24, 2.45) is 0 Å². The lowest BCUT2D eigenvalue weighted by Crippen LogP contribution is -2.36. The van der Waals surface area contributed by atoms with Crippen LogP contribution in [0.2, 0.25) is 0 Å². The lowest BCUT2D eigenvalue weighted by molar-refractivity contribution is 0.0938. The number of likely N-dealkylation sites (tertiary alicyclic amines) is 1. The molecule has 1 saturated heterocycles. The average molecular weight is 318 g/mol. The Bertz CT molecular complexity index is 606. The first kappa shape index (κ1) is 15.2. The van der Waals surface area contributed by atoms with Crippen molar-refractivity contribution < 1.29 is 9.18 Å². The summed E-state index contributed by atoms with van der Waals surface area (Å²) in [5.74, 6) is -0.481. The predicted molar refractivity (Wildman–Crippen MR) is 86.6 cm³/mol. The molecule has 116 valence electrons. The fourth-order valence-corrected chi connectivity index (χ4v) is 3.70. The van der Waals surface area contributed by atoms with E-state index >= 15 is 0 Å². The molecule has 2 aromatic rings. The minimum absolute atomic E-state index is 0.152. The monoisotopic (exact) mass is 318 g/mol. The van der Waals surface area contributed by atoms with E-state index in [9.17, 15) is 9.18 Å². The molecule has 1 aliphatic heterocycles. The highest BCUT2D eigenvalue weighted by Crippen LogP contribution is 2.27. The van der Waals surface area contributed by atoms with Gasteiger partial charge in [0.25, 0.3) is 5.91 Å². The van der Waals surface area contributed by atoms with E-state index in [2.05, 4.69) is 21.7 Å². The minimum atomic E-state index is -0.329. The molecule has 1 atom stereocenters. The van der Waals surface area contributed by atoms with Gasteiger partial charge in [0.05, 0.1) is 6.04 Å². The maximum absolute atomic E-state index is 12.9. The molecule has 1 unspecified atom stereocenters. The molecule has 1 aliphatic rings. The Morgan fingerprint density at radius 1 is 1.23 bits per heavy atom. The molecule has 5 heteroatoms. The lowest BCUT2D eigenvalue weighted by Gasteiger charge is -2.26. The molecule has 0 saturated carbocycles. The Morgan fingerprint density at radius 2 is 1.95 bits per heavy atom. The second-order valence-electron chi connectivity index (χ2n) is 5.49. The van der Waals surface area contributed by atoms with E-state index in [0.717, 1.165) is 13.1 Å². The van der Waals surface area contributed by atoms with E-state index in [-0.39, 0.29) is 17.8 Å². The van der Waals surface area contributed by atoms with Gasteiger partial charge in [-0.1, -0.05) is 6.07 Å². The van der Waals surface area contributed by atoms with Crippen LogP contribution in [0.1, 0.15) is 34.1 Å². The van der Waals surface area contributed by atoms with E-state index in [1.807, 2.05) is 6.07 Å². The third-order valence-electron chi connectivity index (χ3n) is 4.02. The SMILES string of the molecule is O=C(NCC(c1cccs1)N1CCCC1)c1ccc(F)cc1. The van der Waals surface area contributed by atoms with Crippen molar-refractivity contribution in [2.45, 2.75) is 18.9 Å². The van der Waals surface area contributed by atoms with Crippen molar-refractivity contribution in [1.29, 1.82) is 0 Å². The number of nitrogens with zero attached hydrogens (tertiary/aromatic N) is 1. The maximum Gasteiger partial charge on any atom is 0.251 e. The van der Waals surface area contributed by atoms with Gasteiger partial charge in [-0.3, -0.25) is 9.69 Å². The quantitative estimate of drug-likeness (QED) is 0.916. The first-order valence-electron chi connectivity index (χ1n) is 7.55. The Hall–Kier alpha value is -1.72. The number of carbonyl (C=O) groups excluding carboxylic acids is 1. The number of hydrogen-bond acceptors (Lipinski definition) is 3. The molecular weight excluding hydrogens is 299 g/mol. The fourth-order valence-electron chi connectivity index (χ4n) is 2.84. The number of rotatable bonds is 5. The molecule has 0 aliphatic carbocycles. The van der Waals surface area contributed by atoms with Gasteiger partial charge in [-0.15, -0.1) is 11.3 Å². The van der Waals surface area contributed by atoms with Gasteiger partial charge in [0, 0.05) is 17.0 Å². The Balaban J connectivity index is 1.66. The van der Waals surface area contributed by atoms with Gasteiger partial charge in [0.15, 0.2) is 0 Å². The second-order valence-corrected chi connectivity index (χ2v) is 6.47. The van der Waals surface area contributed by atoms with E-state index in [0.29, 0.717) is 12.1 Å². The van der Waals surface area contributed by atoms with E-state index in [1.165, 1.54) is 42.0 Å². The Kier molecular flexibility index (Phi) is 4.85. The van der Waals surface area contributed by atoms with Gasteiger partial charge in [-0.05, 0) is 61.6 Å². The van der Waals surface area contributed by atoms with Crippen molar-refractivity contribution in [3.05, 3.63) is 58.0 Å². The molecule has 1 fully saturated rings. The molecule has 22 heavy (non-hydrogen) atoms. The Morgan fingerprint density at radius 3 is 2.59 bits per heavy atom. The van der Waals surface area contributed by atoms with Crippen LogP contribution in [0, 0.1) is 5.82 Å². The van der Waals surface area contributed by atoms with E-state index < -0.39 is 0 Å². The largest absolute Gasteiger partial charge is 0.350 e. The van der Waals surface area contributed by atoms with Crippen molar-refractivity contribution in [1.82, 2.24) is 10.2 Å². The highest BCUT2D eigenvalue weighted by molar-refractivity contribution is 7.10. The van der Waals surface area contributed by atoms with Crippen LogP contribution in [0.3, 0.4) is 0 Å². The van der Waals surface area contributed by atoms with Crippen molar-refractivity contribution in [3.8, 4) is 0 Å². The van der Waals surface area contributed by atoms with Crippen LogP contribution in [0.15, 0.2) is 41.8 Å². The minimum Gasteiger partial charge on any atom is -0.350 e. The first-order valence-corrected chi connectivity index (χ1v) is 8.43. The zero-order chi connectivity index (χ0) is 15.4. The van der Waals surface area contributed by atoms with Gasteiger partial charge >= 0.3 is 0 Å². The van der Waals surface area contributed by atoms with Crippen LogP contribution < -0.4 is 5.32 Å². The Labute approximate surface area is 133 Å². The van der Waals surface area contributed by atoms with Gasteiger partial charge in [-0.2, -0.15) is 0 Å². The van der Waals surface area contributed by atoms with Crippen LogP contribution in [-0.4, -0.2) is 30.4 Å². The fraction of sp³-hybridized carbons (Fsp3) is 0.353. The first-order chi connectivity index (χ1) is 10.7. The molecule has 2 heterocycles. The molecule has 1 amide bonds. The normalized spacial score (nSPS) is 16.6. The summed E-state index contributed by atoms with van der Waals surface area (Å²) >= 11 is 1.72. The summed E-state index contributed by atoms with van der Waals surface area (Å²) in [5, 5.41) is 5.06. The van der Waals surface area contributed by atoms with E-state index in [4.69, 9.17) is 0 Å². The van der Waals surface area contributed by atoms with Gasteiger partial charge in [-0.25, -0.2) is 4.39 Å². The third kappa shape index (κ3) is 3.54. The summed E-state index contributed by atoms with van der Waals surface area (Å²) in [6.45, 7) is 2.74. The molecule has 1 aromatic heterocycles. The van der Waals surface area contributed by atoms with E-state index in [1.54, 1.807) is 11.3 Å².